The number of carbonyl (C=O) groups excluding carboxylic acids is 1. The summed E-state index contributed by atoms with van der Waals surface area (Å²) in [7, 11) is 1.83. The average Bonchev–Trinajstić information content (AvgIpc) is 3.42. The van der Waals surface area contributed by atoms with Gasteiger partial charge in [0.05, 0.1) is 6.54 Å². The van der Waals surface area contributed by atoms with Crippen LogP contribution in [0.3, 0.4) is 0 Å². The van der Waals surface area contributed by atoms with Crippen molar-refractivity contribution in [3.63, 3.8) is 0 Å². The highest BCUT2D eigenvalue weighted by atomic mass is 35.5. The van der Waals surface area contributed by atoms with Crippen molar-refractivity contribution in [3.05, 3.63) is 35.0 Å². The van der Waals surface area contributed by atoms with Crippen LogP contribution in [0.1, 0.15) is 18.4 Å². The molecule has 2 aliphatic heterocycles. The number of piperazine rings is 1. The average molecular weight is 431 g/mol. The van der Waals surface area contributed by atoms with Gasteiger partial charge in [0.25, 0.3) is 0 Å². The molecule has 2 N–H and O–H groups in total. The third-order valence-corrected chi connectivity index (χ3v) is 6.34. The molecule has 8 heteroatoms. The maximum Gasteiger partial charge on any atom is 0.236 e. The van der Waals surface area contributed by atoms with Gasteiger partial charge in [-0.15, -0.1) is 0 Å². The van der Waals surface area contributed by atoms with Crippen molar-refractivity contribution >= 4 is 34.4 Å². The van der Waals surface area contributed by atoms with Crippen LogP contribution in [0.2, 0.25) is 5.02 Å². The smallest absolute Gasteiger partial charge is 0.236 e. The summed E-state index contributed by atoms with van der Waals surface area (Å²) in [5.74, 6) is 1.21. The first-order valence-electron chi connectivity index (χ1n) is 10.9. The van der Waals surface area contributed by atoms with Crippen molar-refractivity contribution in [3.8, 4) is 0 Å². The summed E-state index contributed by atoms with van der Waals surface area (Å²) in [6.07, 6.45) is 5.24. The lowest BCUT2D eigenvalue weighted by Crippen LogP contribution is -2.54. The quantitative estimate of drug-likeness (QED) is 0.563. The minimum absolute atomic E-state index is 0.280. The maximum absolute atomic E-state index is 12.4. The molecule has 3 heterocycles. The maximum atomic E-state index is 12.4. The molecule has 0 bridgehead atoms. The van der Waals surface area contributed by atoms with E-state index in [1.165, 1.54) is 10.9 Å². The van der Waals surface area contributed by atoms with E-state index in [1.807, 2.05) is 30.1 Å². The number of carbonyl (C=O) groups is 1. The second-order valence-corrected chi connectivity index (χ2v) is 8.52. The summed E-state index contributed by atoms with van der Waals surface area (Å²) in [6.45, 7) is 6.76. The van der Waals surface area contributed by atoms with Crippen molar-refractivity contribution in [2.75, 3.05) is 59.4 Å². The molecule has 0 spiro atoms. The Kier molecular flexibility index (Phi) is 6.79. The van der Waals surface area contributed by atoms with E-state index >= 15 is 0 Å². The Morgan fingerprint density at radius 1 is 1.13 bits per heavy atom. The Morgan fingerprint density at radius 2 is 1.90 bits per heavy atom. The molecule has 2 aliphatic rings. The van der Waals surface area contributed by atoms with E-state index in [-0.39, 0.29) is 5.91 Å². The van der Waals surface area contributed by atoms with Gasteiger partial charge in [0.1, 0.15) is 0 Å². The van der Waals surface area contributed by atoms with Crippen molar-refractivity contribution in [2.45, 2.75) is 19.3 Å². The number of aromatic amines is 1. The molecule has 30 heavy (non-hydrogen) atoms. The minimum atomic E-state index is 0.280. The fourth-order valence-corrected chi connectivity index (χ4v) is 4.55. The highest BCUT2D eigenvalue weighted by Crippen LogP contribution is 2.22. The summed E-state index contributed by atoms with van der Waals surface area (Å²) in [6, 6.07) is 5.93. The summed E-state index contributed by atoms with van der Waals surface area (Å²) >= 11 is 6.15. The van der Waals surface area contributed by atoms with Crippen LogP contribution in [0.25, 0.3) is 10.9 Å². The molecule has 2 fully saturated rings. The standard InChI is InChI=1S/C22H31ClN6O/c1-24-22(25-7-6-17-15-26-20-5-4-18(23)14-19(17)20)29-12-10-27(11-13-29)16-21(30)28-8-2-3-9-28/h4-5,14-15,26H,2-3,6-13,16H2,1H3,(H,24,25). The van der Waals surface area contributed by atoms with E-state index in [4.69, 9.17) is 11.6 Å². The van der Waals surface area contributed by atoms with Crippen LogP contribution in [0.5, 0.6) is 0 Å². The van der Waals surface area contributed by atoms with Gasteiger partial charge >= 0.3 is 0 Å². The number of nitrogens with zero attached hydrogens (tertiary/aromatic N) is 4. The van der Waals surface area contributed by atoms with Crippen LogP contribution >= 0.6 is 11.6 Å². The second kappa shape index (κ2) is 9.71. The summed E-state index contributed by atoms with van der Waals surface area (Å²) < 4.78 is 0. The van der Waals surface area contributed by atoms with Crippen molar-refractivity contribution in [2.24, 2.45) is 4.99 Å². The third kappa shape index (κ3) is 4.90. The largest absolute Gasteiger partial charge is 0.361 e. The highest BCUT2D eigenvalue weighted by molar-refractivity contribution is 6.31. The predicted molar refractivity (Wildman–Crippen MR) is 122 cm³/mol. The molecule has 1 aromatic heterocycles. The number of halogens is 1. The van der Waals surface area contributed by atoms with Gasteiger partial charge < -0.3 is 20.1 Å². The van der Waals surface area contributed by atoms with Gasteiger partial charge in [-0.1, -0.05) is 11.6 Å². The van der Waals surface area contributed by atoms with E-state index in [0.717, 1.165) is 81.6 Å². The van der Waals surface area contributed by atoms with E-state index in [0.29, 0.717) is 6.54 Å². The lowest BCUT2D eigenvalue weighted by molar-refractivity contribution is -0.131. The summed E-state index contributed by atoms with van der Waals surface area (Å²) in [4.78, 5) is 26.7. The summed E-state index contributed by atoms with van der Waals surface area (Å²) in [5, 5.41) is 5.43. The van der Waals surface area contributed by atoms with Crippen LogP contribution in [0, 0.1) is 0 Å². The Hall–Kier alpha value is -2.25. The van der Waals surface area contributed by atoms with Gasteiger partial charge in [0.15, 0.2) is 5.96 Å². The summed E-state index contributed by atoms with van der Waals surface area (Å²) in [5.41, 5.74) is 2.36. The molecule has 1 aromatic carbocycles. The molecular formula is C22H31ClN6O. The Bertz CT molecular complexity index is 896. The molecule has 7 nitrogen and oxygen atoms in total. The number of aliphatic imine (C=N–C) groups is 1. The second-order valence-electron chi connectivity index (χ2n) is 8.08. The van der Waals surface area contributed by atoms with Crippen LogP contribution in [0.15, 0.2) is 29.4 Å². The van der Waals surface area contributed by atoms with Crippen molar-refractivity contribution < 1.29 is 4.79 Å². The molecule has 0 saturated carbocycles. The van der Waals surface area contributed by atoms with Crippen LogP contribution in [-0.2, 0) is 11.2 Å². The number of hydrogen-bond acceptors (Lipinski definition) is 3. The molecule has 2 aromatic rings. The minimum Gasteiger partial charge on any atom is -0.361 e. The molecular weight excluding hydrogens is 400 g/mol. The van der Waals surface area contributed by atoms with E-state index in [1.54, 1.807) is 0 Å². The molecule has 0 aliphatic carbocycles. The number of fused-ring (bicyclic) bond motifs is 1. The first-order valence-corrected chi connectivity index (χ1v) is 11.2. The molecule has 162 valence electrons. The zero-order valence-electron chi connectivity index (χ0n) is 17.7. The van der Waals surface area contributed by atoms with E-state index in [2.05, 4.69) is 31.3 Å². The zero-order valence-corrected chi connectivity index (χ0v) is 18.4. The lowest BCUT2D eigenvalue weighted by atomic mass is 10.1. The van der Waals surface area contributed by atoms with Crippen molar-refractivity contribution in [1.29, 1.82) is 0 Å². The Morgan fingerprint density at radius 3 is 2.63 bits per heavy atom. The number of benzene rings is 1. The van der Waals surface area contributed by atoms with Gasteiger partial charge in [-0.3, -0.25) is 14.7 Å². The monoisotopic (exact) mass is 430 g/mol. The van der Waals surface area contributed by atoms with Gasteiger partial charge in [-0.2, -0.15) is 0 Å². The Balaban J connectivity index is 1.24. The number of aromatic nitrogens is 1. The molecule has 0 unspecified atom stereocenters. The van der Waals surface area contributed by atoms with Gasteiger partial charge in [0.2, 0.25) is 5.91 Å². The van der Waals surface area contributed by atoms with Gasteiger partial charge in [0, 0.05) is 75.0 Å². The van der Waals surface area contributed by atoms with E-state index < -0.39 is 0 Å². The first kappa shape index (κ1) is 21.0. The van der Waals surface area contributed by atoms with Crippen LogP contribution in [-0.4, -0.2) is 91.0 Å². The number of H-pyrrole nitrogens is 1. The normalized spacial score (nSPS) is 18.4. The fraction of sp³-hybridized carbons (Fsp3) is 0.545. The van der Waals surface area contributed by atoms with Crippen LogP contribution < -0.4 is 5.32 Å². The van der Waals surface area contributed by atoms with Gasteiger partial charge in [-0.05, 0) is 43.0 Å². The molecule has 0 radical (unpaired) electrons. The highest BCUT2D eigenvalue weighted by Gasteiger charge is 2.24. The fourth-order valence-electron chi connectivity index (χ4n) is 4.37. The number of guanidine groups is 1. The van der Waals surface area contributed by atoms with Crippen molar-refractivity contribution in [1.82, 2.24) is 25.0 Å². The molecule has 0 atom stereocenters. The Labute approximate surface area is 183 Å². The number of hydrogen-bond donors (Lipinski definition) is 2. The van der Waals surface area contributed by atoms with Crippen LogP contribution in [0.4, 0.5) is 0 Å². The van der Waals surface area contributed by atoms with Gasteiger partial charge in [-0.25, -0.2) is 0 Å². The molecule has 2 saturated heterocycles. The third-order valence-electron chi connectivity index (χ3n) is 6.11. The number of nitrogens with one attached hydrogen (secondary N) is 2. The van der Waals surface area contributed by atoms with E-state index in [9.17, 15) is 4.79 Å². The number of amides is 1. The molecule has 4 rings (SSSR count). The zero-order chi connectivity index (χ0) is 20.9. The molecule has 1 amide bonds. The number of rotatable bonds is 5. The predicted octanol–water partition coefficient (Wildman–Crippen LogP) is 2.18. The lowest BCUT2D eigenvalue weighted by Gasteiger charge is -2.36. The number of likely N-dealkylation sites (tertiary alicyclic amines) is 1. The topological polar surface area (TPSA) is 67.0 Å². The first-order chi connectivity index (χ1) is 14.6. The SMILES string of the molecule is CN=C(NCCc1c[nH]c2ccc(Cl)cc12)N1CCN(CC(=O)N2CCCC2)CC1.